The van der Waals surface area contributed by atoms with Gasteiger partial charge in [0.1, 0.15) is 0 Å². The largest absolute Gasteiger partial charge is 0.367 e. The van der Waals surface area contributed by atoms with Crippen molar-refractivity contribution >= 4 is 18.0 Å². The number of tetrazole rings is 1. The van der Waals surface area contributed by atoms with E-state index in [9.17, 15) is 4.79 Å². The minimum atomic E-state index is -0.443. The molecule has 24 heavy (non-hydrogen) atoms. The van der Waals surface area contributed by atoms with E-state index < -0.39 is 6.03 Å². The maximum absolute atomic E-state index is 11.0. The van der Waals surface area contributed by atoms with Crippen LogP contribution in [0.5, 0.6) is 0 Å². The van der Waals surface area contributed by atoms with Gasteiger partial charge in [-0.3, -0.25) is 4.98 Å². The summed E-state index contributed by atoms with van der Waals surface area (Å²) in [7, 11) is 0. The van der Waals surface area contributed by atoms with Gasteiger partial charge in [-0.05, 0) is 22.4 Å². The number of carbonyl (C=O) groups is 1. The Kier molecular flexibility index (Phi) is 3.47. The lowest BCUT2D eigenvalue weighted by Crippen LogP contribution is -2.01. The van der Waals surface area contributed by atoms with Crippen molar-refractivity contribution in [1.82, 2.24) is 25.6 Å². The number of urea groups is 1. The van der Waals surface area contributed by atoms with Crippen molar-refractivity contribution in [2.75, 3.05) is 0 Å². The van der Waals surface area contributed by atoms with E-state index in [-0.39, 0.29) is 0 Å². The molecule has 0 saturated carbocycles. The molecule has 0 spiro atoms. The number of amides is 2. The number of hydrogen-bond acceptors (Lipinski definition) is 5. The van der Waals surface area contributed by atoms with E-state index in [1.54, 1.807) is 12.4 Å². The summed E-state index contributed by atoms with van der Waals surface area (Å²) >= 11 is 0. The number of carbonyl (C=O) groups excluding carboxylic acids is 1. The van der Waals surface area contributed by atoms with Crippen molar-refractivity contribution in [3.8, 4) is 22.5 Å². The number of benzene rings is 1. The topological polar surface area (TPSA) is 109 Å². The molecule has 116 valence electrons. The molecule has 2 amide bonds. The zero-order valence-corrected chi connectivity index (χ0v) is 12.4. The number of nitrogens with zero attached hydrogens (tertiary/aromatic N) is 6. The zero-order chi connectivity index (χ0) is 16.4. The number of aromatic amines is 1. The van der Waals surface area contributed by atoms with Gasteiger partial charge in [-0.2, -0.15) is 15.2 Å². The van der Waals surface area contributed by atoms with Gasteiger partial charge in [0, 0.05) is 29.9 Å². The van der Waals surface area contributed by atoms with Crippen LogP contribution in [0, 0.1) is 0 Å². The molecule has 8 nitrogen and oxygen atoms in total. The van der Waals surface area contributed by atoms with Gasteiger partial charge in [0.25, 0.3) is 0 Å². The average Bonchev–Trinajstić information content (AvgIpc) is 3.28. The van der Waals surface area contributed by atoms with Gasteiger partial charge < -0.3 is 0 Å². The van der Waals surface area contributed by atoms with Crippen LogP contribution in [0.3, 0.4) is 0 Å². The molecule has 1 N–H and O–H groups in total. The quantitative estimate of drug-likeness (QED) is 0.792. The molecule has 2 aromatic heterocycles. The fourth-order valence-electron chi connectivity index (χ4n) is 2.50. The maximum atomic E-state index is 11.0. The first-order chi connectivity index (χ1) is 11.8. The summed E-state index contributed by atoms with van der Waals surface area (Å²) in [5.74, 6) is 0.520. The second kappa shape index (κ2) is 5.92. The molecule has 0 radical (unpaired) electrons. The number of aliphatic imine (C=N–C) groups is 2. The van der Waals surface area contributed by atoms with E-state index >= 15 is 0 Å². The smallest absolute Gasteiger partial charge is 0.264 e. The second-order valence-corrected chi connectivity index (χ2v) is 5.17. The molecule has 0 aliphatic carbocycles. The van der Waals surface area contributed by atoms with Crippen LogP contribution in [0.2, 0.25) is 0 Å². The highest BCUT2D eigenvalue weighted by molar-refractivity contribution is 6.37. The summed E-state index contributed by atoms with van der Waals surface area (Å²) in [6.07, 6.45) is 5.54. The van der Waals surface area contributed by atoms with E-state index in [0.29, 0.717) is 18.0 Å². The van der Waals surface area contributed by atoms with Gasteiger partial charge in [0.15, 0.2) is 0 Å². The van der Waals surface area contributed by atoms with E-state index in [1.165, 1.54) is 6.21 Å². The Morgan fingerprint density at radius 3 is 2.62 bits per heavy atom. The number of pyridine rings is 1. The van der Waals surface area contributed by atoms with Crippen LogP contribution < -0.4 is 0 Å². The monoisotopic (exact) mass is 317 g/mol. The molecule has 8 heteroatoms. The third-order valence-corrected chi connectivity index (χ3v) is 3.62. The van der Waals surface area contributed by atoms with Crippen molar-refractivity contribution in [2.45, 2.75) is 6.42 Å². The normalized spacial score (nSPS) is 13.3. The molecule has 0 atom stereocenters. The van der Waals surface area contributed by atoms with Crippen LogP contribution in [0.4, 0.5) is 4.79 Å². The molecule has 3 heterocycles. The molecular weight excluding hydrogens is 306 g/mol. The van der Waals surface area contributed by atoms with Crippen molar-refractivity contribution in [1.29, 1.82) is 0 Å². The lowest BCUT2D eigenvalue weighted by Gasteiger charge is -2.07. The molecule has 0 saturated heterocycles. The lowest BCUT2D eigenvalue weighted by atomic mass is 9.99. The molecule has 0 unspecified atom stereocenters. The average molecular weight is 317 g/mol. The minimum absolute atomic E-state index is 0.443. The summed E-state index contributed by atoms with van der Waals surface area (Å²) in [6, 6.07) is 9.36. The molecular formula is C16H11N7O. The number of aromatic nitrogens is 5. The molecule has 3 aromatic rings. The predicted molar refractivity (Wildman–Crippen MR) is 87.9 cm³/mol. The molecule has 1 aliphatic heterocycles. The Bertz CT molecular complexity index is 943. The summed E-state index contributed by atoms with van der Waals surface area (Å²) in [4.78, 5) is 22.7. The minimum Gasteiger partial charge on any atom is -0.264 e. The molecule has 0 fully saturated rings. The van der Waals surface area contributed by atoms with Crippen LogP contribution in [0.1, 0.15) is 5.56 Å². The Morgan fingerprint density at radius 1 is 1.04 bits per heavy atom. The van der Waals surface area contributed by atoms with E-state index in [1.807, 2.05) is 30.3 Å². The van der Waals surface area contributed by atoms with Gasteiger partial charge in [0.05, 0.1) is 11.9 Å². The molecule has 0 bridgehead atoms. The van der Waals surface area contributed by atoms with Crippen LogP contribution in [-0.4, -0.2) is 43.6 Å². The van der Waals surface area contributed by atoms with Gasteiger partial charge >= 0.3 is 6.03 Å². The lowest BCUT2D eigenvalue weighted by molar-refractivity contribution is 0.257. The van der Waals surface area contributed by atoms with Gasteiger partial charge in [-0.25, -0.2) is 4.79 Å². The first-order valence-electron chi connectivity index (χ1n) is 7.22. The van der Waals surface area contributed by atoms with Crippen LogP contribution in [0.15, 0.2) is 52.7 Å². The fourth-order valence-corrected chi connectivity index (χ4v) is 2.50. The standard InChI is InChI=1S/C16H11N7O/c24-16-18-8-12(19-16)7-10-1-3-11(4-2-10)14-9-17-6-5-13(14)15-20-22-23-21-15/h1-6,8-9H,7H2,(H,20,21,22,23). The zero-order valence-electron chi connectivity index (χ0n) is 12.4. The summed E-state index contributed by atoms with van der Waals surface area (Å²) in [5.41, 5.74) is 4.47. The molecule has 4 rings (SSSR count). The highest BCUT2D eigenvalue weighted by Crippen LogP contribution is 2.28. The maximum Gasteiger partial charge on any atom is 0.367 e. The fraction of sp³-hybridized carbons (Fsp3) is 0.0625. The number of H-pyrrole nitrogens is 1. The SMILES string of the molecule is O=C1N=CC(Cc2ccc(-c3cnccc3-c3nn[nH]n3)cc2)=N1. The third kappa shape index (κ3) is 2.72. The highest BCUT2D eigenvalue weighted by atomic mass is 16.2. The Morgan fingerprint density at radius 2 is 1.92 bits per heavy atom. The molecule has 1 aromatic carbocycles. The van der Waals surface area contributed by atoms with Crippen LogP contribution in [0.25, 0.3) is 22.5 Å². The third-order valence-electron chi connectivity index (χ3n) is 3.62. The summed E-state index contributed by atoms with van der Waals surface area (Å²) in [5, 5.41) is 14.1. The Labute approximate surface area is 136 Å². The van der Waals surface area contributed by atoms with E-state index in [0.717, 1.165) is 22.3 Å². The van der Waals surface area contributed by atoms with Crippen molar-refractivity contribution < 1.29 is 4.79 Å². The van der Waals surface area contributed by atoms with Crippen LogP contribution >= 0.6 is 0 Å². The highest BCUT2D eigenvalue weighted by Gasteiger charge is 2.12. The van der Waals surface area contributed by atoms with Gasteiger partial charge in [0.2, 0.25) is 5.82 Å². The van der Waals surface area contributed by atoms with E-state index in [2.05, 4.69) is 35.6 Å². The van der Waals surface area contributed by atoms with Crippen LogP contribution in [-0.2, 0) is 6.42 Å². The first-order valence-corrected chi connectivity index (χ1v) is 7.22. The Hall–Kier alpha value is -3.55. The van der Waals surface area contributed by atoms with Gasteiger partial charge in [-0.15, -0.1) is 10.2 Å². The van der Waals surface area contributed by atoms with Crippen molar-refractivity contribution in [2.24, 2.45) is 9.98 Å². The number of hydrogen-bond donors (Lipinski definition) is 1. The number of nitrogens with one attached hydrogen (secondary N) is 1. The van der Waals surface area contributed by atoms with Crippen molar-refractivity contribution in [3.63, 3.8) is 0 Å². The summed E-state index contributed by atoms with van der Waals surface area (Å²) in [6.45, 7) is 0. The first kappa shape index (κ1) is 14.1. The Balaban J connectivity index is 1.63. The second-order valence-electron chi connectivity index (χ2n) is 5.17. The predicted octanol–water partition coefficient (Wildman–Crippen LogP) is 2.12. The van der Waals surface area contributed by atoms with Crippen molar-refractivity contribution in [3.05, 3.63) is 48.3 Å². The number of rotatable bonds is 4. The molecule has 1 aliphatic rings. The van der Waals surface area contributed by atoms with Gasteiger partial charge in [-0.1, -0.05) is 24.3 Å². The van der Waals surface area contributed by atoms with E-state index in [4.69, 9.17) is 0 Å². The summed E-state index contributed by atoms with van der Waals surface area (Å²) < 4.78 is 0.